The van der Waals surface area contributed by atoms with Gasteiger partial charge in [-0.05, 0) is 86.3 Å². The molecule has 1 saturated carbocycles. The third-order valence-corrected chi connectivity index (χ3v) is 10.4. The molecule has 1 spiro atoms. The molecule has 242 valence electrons. The average molecular weight is 617 g/mol. The third-order valence-electron chi connectivity index (χ3n) is 10.4. The summed E-state index contributed by atoms with van der Waals surface area (Å²) in [5.41, 5.74) is -1.61. The fourth-order valence-corrected chi connectivity index (χ4v) is 8.05. The predicted octanol–water partition coefficient (Wildman–Crippen LogP) is 3.32. The van der Waals surface area contributed by atoms with E-state index in [4.69, 9.17) is 14.2 Å². The van der Waals surface area contributed by atoms with E-state index in [1.54, 1.807) is 13.0 Å². The zero-order chi connectivity index (χ0) is 32.0. The van der Waals surface area contributed by atoms with Crippen LogP contribution in [0.15, 0.2) is 18.2 Å². The summed E-state index contributed by atoms with van der Waals surface area (Å²) in [6.45, 7) is 5.76. The van der Waals surface area contributed by atoms with E-state index in [1.807, 2.05) is 0 Å². The number of carboxylic acid groups (broad SMARTS) is 1. The minimum atomic E-state index is -2.00. The van der Waals surface area contributed by atoms with E-state index < -0.39 is 54.3 Å². The van der Waals surface area contributed by atoms with Gasteiger partial charge in [-0.1, -0.05) is 25.8 Å². The van der Waals surface area contributed by atoms with Crippen molar-refractivity contribution >= 4 is 22.5 Å². The summed E-state index contributed by atoms with van der Waals surface area (Å²) in [7, 11) is 0. The number of aliphatic hydroxyl groups is 4. The number of fused-ring (bicyclic) bond motifs is 1. The van der Waals surface area contributed by atoms with Crippen LogP contribution in [0.5, 0.6) is 11.5 Å². The van der Waals surface area contributed by atoms with Crippen molar-refractivity contribution in [3.8, 4) is 11.5 Å². The molecular weight excluding hydrogens is 572 g/mol. The molecule has 11 nitrogen and oxygen atoms in total. The number of phenolic OH excluding ortho intramolecular Hbond substituents is 1. The van der Waals surface area contributed by atoms with Crippen molar-refractivity contribution in [1.29, 1.82) is 0 Å². The highest BCUT2D eigenvalue weighted by Gasteiger charge is 2.56. The number of hydrogen-bond donors (Lipinski definition) is 6. The number of carboxylic acids is 1. The molecule has 0 radical (unpaired) electrons. The molecule has 2 aromatic carbocycles. The first-order chi connectivity index (χ1) is 20.8. The predicted molar refractivity (Wildman–Crippen MR) is 159 cm³/mol. The van der Waals surface area contributed by atoms with Crippen LogP contribution in [0.2, 0.25) is 0 Å². The van der Waals surface area contributed by atoms with Gasteiger partial charge in [0.15, 0.2) is 5.78 Å². The number of aromatic carboxylic acids is 1. The monoisotopic (exact) mass is 616 g/mol. The minimum Gasteiger partial charge on any atom is -0.506 e. The van der Waals surface area contributed by atoms with Crippen LogP contribution in [-0.2, 0) is 9.47 Å². The average Bonchev–Trinajstić information content (AvgIpc) is 3.44. The Kier molecular flexibility index (Phi) is 9.28. The molecule has 0 unspecified atom stereocenters. The fourth-order valence-electron chi connectivity index (χ4n) is 8.05. The Hall–Kier alpha value is -2.80. The second-order valence-corrected chi connectivity index (χ2v) is 13.1. The number of ether oxygens (including phenoxy) is 3. The van der Waals surface area contributed by atoms with Gasteiger partial charge >= 0.3 is 5.97 Å². The highest BCUT2D eigenvalue weighted by molar-refractivity contribution is 6.08. The van der Waals surface area contributed by atoms with Gasteiger partial charge in [0, 0.05) is 6.61 Å². The quantitative estimate of drug-likeness (QED) is 0.227. The summed E-state index contributed by atoms with van der Waals surface area (Å²) in [6.07, 6.45) is -0.530. The number of aliphatic hydroxyl groups excluding tert-OH is 3. The zero-order valence-electron chi connectivity index (χ0n) is 25.5. The van der Waals surface area contributed by atoms with E-state index in [0.717, 1.165) is 31.9 Å². The van der Waals surface area contributed by atoms with E-state index in [1.165, 1.54) is 25.8 Å². The summed E-state index contributed by atoms with van der Waals surface area (Å²) >= 11 is 0. The second kappa shape index (κ2) is 12.5. The number of phenols is 1. The molecule has 7 atom stereocenters. The molecule has 11 heteroatoms. The lowest BCUT2D eigenvalue weighted by molar-refractivity contribution is -0.315. The van der Waals surface area contributed by atoms with Crippen LogP contribution >= 0.6 is 0 Å². The molecule has 3 fully saturated rings. The highest BCUT2D eigenvalue weighted by atomic mass is 16.7. The Morgan fingerprint density at radius 3 is 2.50 bits per heavy atom. The van der Waals surface area contributed by atoms with Crippen LogP contribution < -0.4 is 4.74 Å². The first kappa shape index (κ1) is 32.6. The minimum absolute atomic E-state index is 0.0172. The van der Waals surface area contributed by atoms with Gasteiger partial charge in [-0.25, -0.2) is 4.79 Å². The normalized spacial score (nSPS) is 30.8. The largest absolute Gasteiger partial charge is 0.506 e. The van der Waals surface area contributed by atoms with E-state index >= 15 is 0 Å². The molecule has 2 saturated heterocycles. The van der Waals surface area contributed by atoms with E-state index in [9.17, 15) is 40.2 Å². The molecule has 2 heterocycles. The number of carbonyl (C=O) groups is 2. The Labute approximate surface area is 256 Å². The van der Waals surface area contributed by atoms with Crippen LogP contribution in [0, 0.1) is 24.2 Å². The van der Waals surface area contributed by atoms with Gasteiger partial charge in [0.2, 0.25) is 6.29 Å². The van der Waals surface area contributed by atoms with Crippen LogP contribution in [-0.4, -0.2) is 92.4 Å². The van der Waals surface area contributed by atoms with Crippen LogP contribution in [0.3, 0.4) is 0 Å². The fraction of sp³-hybridized carbons (Fsp3) is 0.636. The van der Waals surface area contributed by atoms with E-state index in [-0.39, 0.29) is 45.4 Å². The molecule has 2 aliphatic heterocycles. The van der Waals surface area contributed by atoms with Gasteiger partial charge in [-0.2, -0.15) is 0 Å². The standard InChI is InChI=1S/C33H44O11/c1-17(22-7-11-42-16-32(22)8-4-5-9-32)6-10-33(41)24(15-34)44-31(28(37)29(33)38)43-23-14-21(30(39)40)13-20-12-18(2)25(19(3)35)27(36)26(20)23/h12-14,17,22,24,28-29,31,34,36-38,41H,4-11,15-16H2,1-3H3,(H,39,40)/t17-,22+,24-,28-,29-,31+,33-/m1/s1. The molecule has 1 aliphatic carbocycles. The maximum atomic E-state index is 12.3. The second-order valence-electron chi connectivity index (χ2n) is 13.1. The summed E-state index contributed by atoms with van der Waals surface area (Å²) in [5, 5.41) is 65.4. The van der Waals surface area contributed by atoms with Crippen LogP contribution in [0.1, 0.15) is 85.1 Å². The maximum Gasteiger partial charge on any atom is 0.335 e. The lowest BCUT2D eigenvalue weighted by Gasteiger charge is -2.49. The first-order valence-corrected chi connectivity index (χ1v) is 15.5. The molecular formula is C33H44O11. The van der Waals surface area contributed by atoms with Gasteiger partial charge in [0.1, 0.15) is 35.4 Å². The van der Waals surface area contributed by atoms with Gasteiger partial charge in [0.05, 0.1) is 29.7 Å². The van der Waals surface area contributed by atoms with E-state index in [2.05, 4.69) is 6.92 Å². The van der Waals surface area contributed by atoms with Crippen molar-refractivity contribution < 1.29 is 54.4 Å². The number of Topliss-reactive ketones (excluding diaryl/α,β-unsaturated/α-hetero) is 1. The zero-order valence-corrected chi connectivity index (χ0v) is 25.5. The number of rotatable bonds is 9. The van der Waals surface area contributed by atoms with Gasteiger partial charge in [0.25, 0.3) is 0 Å². The lowest BCUT2D eigenvalue weighted by Crippen LogP contribution is -2.68. The molecule has 2 aromatic rings. The third kappa shape index (κ3) is 5.70. The van der Waals surface area contributed by atoms with Gasteiger partial charge < -0.3 is 44.8 Å². The SMILES string of the molecule is CC(=O)c1c(C)cc2cc(C(=O)O)cc(O[C@H]3O[C@H](CO)[C@](O)(CC[C@@H](C)[C@@H]4CCOCC45CCCC5)[C@H](O)[C@H]3O)c2c1O. The Morgan fingerprint density at radius 1 is 1.16 bits per heavy atom. The number of benzene rings is 2. The summed E-state index contributed by atoms with van der Waals surface area (Å²) in [4.78, 5) is 24.2. The van der Waals surface area contributed by atoms with Crippen LogP contribution in [0.4, 0.5) is 0 Å². The van der Waals surface area contributed by atoms with Crippen molar-refractivity contribution in [2.45, 2.75) is 95.9 Å². The molecule has 0 bridgehead atoms. The van der Waals surface area contributed by atoms with Gasteiger partial charge in [-0.3, -0.25) is 4.79 Å². The van der Waals surface area contributed by atoms with Gasteiger partial charge in [-0.15, -0.1) is 0 Å². The molecule has 3 aliphatic rings. The Morgan fingerprint density at radius 2 is 1.86 bits per heavy atom. The highest BCUT2D eigenvalue weighted by Crippen LogP contribution is 2.52. The van der Waals surface area contributed by atoms with Crippen molar-refractivity contribution in [2.75, 3.05) is 19.8 Å². The molecule has 5 rings (SSSR count). The maximum absolute atomic E-state index is 12.3. The number of aromatic hydroxyl groups is 1. The molecule has 44 heavy (non-hydrogen) atoms. The first-order valence-electron chi connectivity index (χ1n) is 15.5. The summed E-state index contributed by atoms with van der Waals surface area (Å²) in [6, 6.07) is 3.98. The molecule has 0 amide bonds. The number of carbonyl (C=O) groups excluding carboxylic acids is 1. The summed E-state index contributed by atoms with van der Waals surface area (Å²) in [5.74, 6) is -1.76. The van der Waals surface area contributed by atoms with E-state index in [0.29, 0.717) is 24.5 Å². The van der Waals surface area contributed by atoms with Crippen molar-refractivity contribution in [1.82, 2.24) is 0 Å². The lowest BCUT2D eigenvalue weighted by atomic mass is 9.65. The topological polar surface area (TPSA) is 183 Å². The number of ketones is 1. The smallest absolute Gasteiger partial charge is 0.335 e. The number of aryl methyl sites for hydroxylation is 1. The molecule has 0 aromatic heterocycles. The van der Waals surface area contributed by atoms with Crippen LogP contribution in [0.25, 0.3) is 10.8 Å². The Balaban J connectivity index is 1.40. The van der Waals surface area contributed by atoms with Crippen molar-refractivity contribution in [2.24, 2.45) is 17.3 Å². The number of hydrogen-bond acceptors (Lipinski definition) is 10. The van der Waals surface area contributed by atoms with Crippen molar-refractivity contribution in [3.63, 3.8) is 0 Å². The molecule has 6 N–H and O–H groups in total. The van der Waals surface area contributed by atoms with Crippen molar-refractivity contribution in [3.05, 3.63) is 34.9 Å². The summed E-state index contributed by atoms with van der Waals surface area (Å²) < 4.78 is 17.6. The Bertz CT molecular complexity index is 1400.